The summed E-state index contributed by atoms with van der Waals surface area (Å²) in [6, 6.07) is 8.61. The second-order valence-electron chi connectivity index (χ2n) is 10.5. The summed E-state index contributed by atoms with van der Waals surface area (Å²) in [4.78, 5) is 16.4. The van der Waals surface area contributed by atoms with E-state index >= 15 is 0 Å². The van der Waals surface area contributed by atoms with Gasteiger partial charge in [-0.3, -0.25) is 5.32 Å². The Labute approximate surface area is 242 Å². The number of nitrogens with zero attached hydrogens (tertiary/aromatic N) is 3. The van der Waals surface area contributed by atoms with Gasteiger partial charge in [0.25, 0.3) is 11.8 Å². The Bertz CT molecular complexity index is 1450. The molecule has 0 radical (unpaired) electrons. The number of pyridine rings is 1. The summed E-state index contributed by atoms with van der Waals surface area (Å²) in [7, 11) is 0. The first-order valence-electron chi connectivity index (χ1n) is 13.1. The Balaban J connectivity index is 1.88. The molecule has 0 aliphatic carbocycles. The van der Waals surface area contributed by atoms with Gasteiger partial charge in [0, 0.05) is 6.42 Å². The average molecular weight is 615 g/mol. The van der Waals surface area contributed by atoms with Crippen LogP contribution in [0.25, 0.3) is 11.6 Å². The van der Waals surface area contributed by atoms with Crippen LogP contribution in [0.1, 0.15) is 57.1 Å². The summed E-state index contributed by atoms with van der Waals surface area (Å²) in [6.45, 7) is 3.85. The highest BCUT2D eigenvalue weighted by Crippen LogP contribution is 2.47. The molecule has 2 aromatic heterocycles. The second-order valence-corrected chi connectivity index (χ2v) is 10.5. The largest absolute Gasteiger partial charge is 0.477 e. The van der Waals surface area contributed by atoms with Crippen LogP contribution in [0.5, 0.6) is 5.88 Å². The normalized spacial score (nSPS) is 18.0. The third-order valence-corrected chi connectivity index (χ3v) is 6.01. The summed E-state index contributed by atoms with van der Waals surface area (Å²) in [5.41, 5.74) is -6.25. The third kappa shape index (κ3) is 7.63. The number of allylic oxidation sites excluding steroid dienone is 1. The number of hydrogen-bond acceptors (Lipinski definition) is 8. The monoisotopic (exact) mass is 614 g/mol. The number of carbonyl (C=O) groups is 1. The van der Waals surface area contributed by atoms with Gasteiger partial charge >= 0.3 is 18.4 Å². The van der Waals surface area contributed by atoms with E-state index in [1.165, 1.54) is 32.9 Å². The first-order valence-corrected chi connectivity index (χ1v) is 13.1. The minimum Gasteiger partial charge on any atom is -0.477 e. The van der Waals surface area contributed by atoms with Crippen LogP contribution in [0.15, 0.2) is 53.0 Å². The average Bonchev–Trinajstić information content (AvgIpc) is 3.38. The number of ether oxygens (including phenoxy) is 3. The Morgan fingerprint density at radius 3 is 2.42 bits per heavy atom. The van der Waals surface area contributed by atoms with Crippen LogP contribution in [0.3, 0.4) is 0 Å². The third-order valence-electron chi connectivity index (χ3n) is 6.01. The van der Waals surface area contributed by atoms with Gasteiger partial charge in [-0.15, -0.1) is 10.2 Å². The highest BCUT2D eigenvalue weighted by Gasteiger charge is 2.61. The standard InChI is InChI=1S/C28H28F6N4O5/c1-25(2,3)43-24(39)35-19-15-18(27(29,30)31)21-36-20(19)22-37-38-23(42-22)26(28(32,33)34,13-9-4-5-10-14-40-21)41-16-17-11-7-6-8-12-17/h4,6-9,11-12,15H,5,10,13-14,16H2,1-3H3,(H,35,39)/t26-/m1/s1. The molecular formula is C28H28F6N4O5. The van der Waals surface area contributed by atoms with Crippen molar-refractivity contribution in [1.82, 2.24) is 15.2 Å². The highest BCUT2D eigenvalue weighted by atomic mass is 19.4. The van der Waals surface area contributed by atoms with Crippen LogP contribution in [0.2, 0.25) is 0 Å². The molecule has 232 valence electrons. The van der Waals surface area contributed by atoms with Crippen molar-refractivity contribution in [2.75, 3.05) is 11.9 Å². The lowest BCUT2D eigenvalue weighted by molar-refractivity contribution is -0.295. The van der Waals surface area contributed by atoms with Crippen LogP contribution in [-0.4, -0.2) is 39.7 Å². The van der Waals surface area contributed by atoms with Gasteiger partial charge in [-0.2, -0.15) is 26.3 Å². The number of aromatic nitrogens is 3. The van der Waals surface area contributed by atoms with E-state index in [2.05, 4.69) is 20.5 Å². The minimum absolute atomic E-state index is 0.158. The molecule has 15 heteroatoms. The van der Waals surface area contributed by atoms with E-state index in [1.807, 2.05) is 0 Å². The van der Waals surface area contributed by atoms with Crippen molar-refractivity contribution < 1.29 is 49.8 Å². The fourth-order valence-corrected chi connectivity index (χ4v) is 4.01. The molecule has 3 heterocycles. The van der Waals surface area contributed by atoms with Gasteiger partial charge in [0.15, 0.2) is 5.69 Å². The second kappa shape index (κ2) is 12.2. The van der Waals surface area contributed by atoms with Gasteiger partial charge in [0.2, 0.25) is 11.5 Å². The number of hydrogen-bond donors (Lipinski definition) is 1. The molecule has 0 unspecified atom stereocenters. The van der Waals surface area contributed by atoms with E-state index in [4.69, 9.17) is 18.6 Å². The zero-order valence-electron chi connectivity index (χ0n) is 23.3. The first-order chi connectivity index (χ1) is 20.1. The molecule has 4 rings (SSSR count). The summed E-state index contributed by atoms with van der Waals surface area (Å²) in [5, 5.41) is 9.42. The summed E-state index contributed by atoms with van der Waals surface area (Å²) in [6.07, 6.45) is -8.98. The molecule has 1 aliphatic rings. The number of rotatable bonds is 4. The highest BCUT2D eigenvalue weighted by molar-refractivity contribution is 5.89. The maximum atomic E-state index is 14.8. The van der Waals surface area contributed by atoms with E-state index in [1.54, 1.807) is 30.3 Å². The molecule has 0 saturated heterocycles. The number of nitrogens with one attached hydrogen (secondary N) is 1. The van der Waals surface area contributed by atoms with E-state index in [-0.39, 0.29) is 19.4 Å². The van der Waals surface area contributed by atoms with Crippen LogP contribution in [-0.2, 0) is 27.9 Å². The molecule has 43 heavy (non-hydrogen) atoms. The molecule has 0 spiro atoms. The summed E-state index contributed by atoms with van der Waals surface area (Å²) >= 11 is 0. The van der Waals surface area contributed by atoms with E-state index in [0.29, 0.717) is 11.6 Å². The lowest BCUT2D eigenvalue weighted by Crippen LogP contribution is -2.45. The quantitative estimate of drug-likeness (QED) is 0.237. The number of alkyl halides is 6. The fourth-order valence-electron chi connectivity index (χ4n) is 4.01. The van der Waals surface area contributed by atoms with Gasteiger partial charge in [0.05, 0.1) is 18.9 Å². The number of amides is 1. The van der Waals surface area contributed by atoms with Crippen molar-refractivity contribution >= 4 is 11.8 Å². The topological polar surface area (TPSA) is 109 Å². The maximum absolute atomic E-state index is 14.8. The molecule has 0 saturated carbocycles. The van der Waals surface area contributed by atoms with Crippen LogP contribution >= 0.6 is 0 Å². The van der Waals surface area contributed by atoms with Crippen molar-refractivity contribution in [1.29, 1.82) is 0 Å². The molecule has 1 aliphatic heterocycles. The molecule has 0 fully saturated rings. The Morgan fingerprint density at radius 1 is 1.05 bits per heavy atom. The zero-order valence-corrected chi connectivity index (χ0v) is 23.3. The SMILES string of the molecule is CC(C)(C)OC(=O)Nc1cc(C(F)(F)F)c2nc1-c1nnc(o1)[C@@](OCc1ccccc1)(C(F)(F)F)CC=CCCCO2. The molecule has 1 atom stereocenters. The van der Waals surface area contributed by atoms with Crippen molar-refractivity contribution in [3.63, 3.8) is 0 Å². The smallest absolute Gasteiger partial charge is 0.426 e. The Morgan fingerprint density at radius 2 is 1.77 bits per heavy atom. The molecule has 9 nitrogen and oxygen atoms in total. The summed E-state index contributed by atoms with van der Waals surface area (Å²) < 4.78 is 108. The molecule has 1 N–H and O–H groups in total. The fraction of sp³-hybridized carbons (Fsp3) is 0.429. The molecular weight excluding hydrogens is 586 g/mol. The number of anilines is 1. The van der Waals surface area contributed by atoms with E-state index in [9.17, 15) is 31.1 Å². The van der Waals surface area contributed by atoms with E-state index in [0.717, 1.165) is 0 Å². The maximum Gasteiger partial charge on any atom is 0.426 e. The number of fused-ring (bicyclic) bond motifs is 5. The van der Waals surface area contributed by atoms with Gasteiger partial charge in [0.1, 0.15) is 11.2 Å². The van der Waals surface area contributed by atoms with Gasteiger partial charge in [-0.1, -0.05) is 42.5 Å². The number of benzene rings is 1. The molecule has 3 aromatic rings. The lowest BCUT2D eigenvalue weighted by atomic mass is 9.97. The predicted molar refractivity (Wildman–Crippen MR) is 140 cm³/mol. The van der Waals surface area contributed by atoms with Crippen molar-refractivity contribution in [3.8, 4) is 17.5 Å². The minimum atomic E-state index is -5.08. The lowest BCUT2D eigenvalue weighted by Gasteiger charge is -2.31. The van der Waals surface area contributed by atoms with Crippen molar-refractivity contribution in [3.05, 3.63) is 65.6 Å². The van der Waals surface area contributed by atoms with Gasteiger partial charge in [-0.05, 0) is 45.2 Å². The van der Waals surface area contributed by atoms with Crippen LogP contribution in [0, 0.1) is 0 Å². The van der Waals surface area contributed by atoms with Crippen LogP contribution in [0.4, 0.5) is 36.8 Å². The molecule has 1 amide bonds. The predicted octanol–water partition coefficient (Wildman–Crippen LogP) is 7.59. The molecule has 4 bridgehead atoms. The van der Waals surface area contributed by atoms with Crippen LogP contribution < -0.4 is 10.1 Å². The van der Waals surface area contributed by atoms with Gasteiger partial charge in [-0.25, -0.2) is 9.78 Å². The van der Waals surface area contributed by atoms with Gasteiger partial charge < -0.3 is 18.6 Å². The van der Waals surface area contributed by atoms with E-state index < -0.39 is 77.3 Å². The zero-order chi connectivity index (χ0) is 31.5. The number of carbonyl (C=O) groups excluding carboxylic acids is 1. The number of halogens is 6. The van der Waals surface area contributed by atoms with Crippen molar-refractivity contribution in [2.45, 2.75) is 70.2 Å². The Kier molecular flexibility index (Phi) is 9.04. The Hall–Kier alpha value is -4.14. The molecule has 1 aromatic carbocycles. The summed E-state index contributed by atoms with van der Waals surface area (Å²) in [5.74, 6) is -2.63. The van der Waals surface area contributed by atoms with Crippen molar-refractivity contribution in [2.24, 2.45) is 0 Å². The first kappa shape index (κ1) is 31.8.